The first kappa shape index (κ1) is 12.6. The lowest BCUT2D eigenvalue weighted by atomic mass is 10.3. The third-order valence-electron chi connectivity index (χ3n) is 2.30. The molecule has 0 aliphatic rings. The summed E-state index contributed by atoms with van der Waals surface area (Å²) in [6.45, 7) is 4.51. The molecule has 2 N–H and O–H groups in total. The van der Waals surface area contributed by atoms with Gasteiger partial charge in [0.2, 0.25) is 0 Å². The Hall–Kier alpha value is -0.850. The molecule has 0 aliphatic heterocycles. The standard InChI is InChI=1S/C11H15N3OS2/c1-3-10-13-11(17-14-10)16-9(6-12)8-5-4-7(2)15-8/h4-5,9H,3,6,12H2,1-2H3. The second-order valence-electron chi connectivity index (χ2n) is 3.62. The molecule has 1 atom stereocenters. The van der Waals surface area contributed by atoms with Crippen LogP contribution < -0.4 is 5.73 Å². The summed E-state index contributed by atoms with van der Waals surface area (Å²) in [5, 5.41) is 0.112. The van der Waals surface area contributed by atoms with E-state index in [-0.39, 0.29) is 5.25 Å². The third-order valence-corrected chi connectivity index (χ3v) is 4.37. The maximum absolute atomic E-state index is 5.78. The minimum Gasteiger partial charge on any atom is -0.465 e. The van der Waals surface area contributed by atoms with Gasteiger partial charge in [0.05, 0.1) is 5.25 Å². The minimum atomic E-state index is 0.112. The second kappa shape index (κ2) is 5.66. The van der Waals surface area contributed by atoms with Gasteiger partial charge in [0.25, 0.3) is 0 Å². The molecule has 0 spiro atoms. The van der Waals surface area contributed by atoms with Crippen LogP contribution in [0.2, 0.25) is 0 Å². The van der Waals surface area contributed by atoms with Crippen molar-refractivity contribution in [1.82, 2.24) is 9.36 Å². The van der Waals surface area contributed by atoms with Crippen molar-refractivity contribution in [2.45, 2.75) is 29.9 Å². The smallest absolute Gasteiger partial charge is 0.170 e. The van der Waals surface area contributed by atoms with Gasteiger partial charge in [-0.25, -0.2) is 4.98 Å². The molecule has 0 bridgehead atoms. The summed E-state index contributed by atoms with van der Waals surface area (Å²) in [5.41, 5.74) is 5.78. The van der Waals surface area contributed by atoms with E-state index in [0.717, 1.165) is 28.1 Å². The Morgan fingerprint density at radius 2 is 2.35 bits per heavy atom. The Morgan fingerprint density at radius 1 is 1.53 bits per heavy atom. The molecular weight excluding hydrogens is 254 g/mol. The van der Waals surface area contributed by atoms with Crippen LogP contribution in [0.1, 0.15) is 29.5 Å². The first-order valence-electron chi connectivity index (χ1n) is 5.48. The molecule has 6 heteroatoms. The van der Waals surface area contributed by atoms with Crippen molar-refractivity contribution >= 4 is 23.3 Å². The van der Waals surface area contributed by atoms with Crippen LogP contribution in [0.5, 0.6) is 0 Å². The van der Waals surface area contributed by atoms with Crippen molar-refractivity contribution in [1.29, 1.82) is 0 Å². The maximum Gasteiger partial charge on any atom is 0.170 e. The van der Waals surface area contributed by atoms with Crippen LogP contribution in [-0.2, 0) is 6.42 Å². The highest BCUT2D eigenvalue weighted by atomic mass is 32.2. The molecular formula is C11H15N3OS2. The Kier molecular flexibility index (Phi) is 4.20. The lowest BCUT2D eigenvalue weighted by molar-refractivity contribution is 0.481. The molecule has 2 aromatic heterocycles. The molecule has 4 nitrogen and oxygen atoms in total. The highest BCUT2D eigenvalue weighted by molar-refractivity contribution is 8.01. The summed E-state index contributed by atoms with van der Waals surface area (Å²) >= 11 is 3.04. The number of thioether (sulfide) groups is 1. The highest BCUT2D eigenvalue weighted by Crippen LogP contribution is 2.35. The zero-order valence-electron chi connectivity index (χ0n) is 9.84. The number of nitrogens with zero attached hydrogens (tertiary/aromatic N) is 2. The van der Waals surface area contributed by atoms with Crippen LogP contribution in [0.3, 0.4) is 0 Å². The van der Waals surface area contributed by atoms with E-state index in [2.05, 4.69) is 9.36 Å². The molecule has 2 aromatic rings. The van der Waals surface area contributed by atoms with Gasteiger partial charge in [-0.3, -0.25) is 0 Å². The predicted octanol–water partition coefficient (Wildman–Crippen LogP) is 2.79. The fourth-order valence-electron chi connectivity index (χ4n) is 1.40. The number of hydrogen-bond acceptors (Lipinski definition) is 6. The fraction of sp³-hybridized carbons (Fsp3) is 0.455. The summed E-state index contributed by atoms with van der Waals surface area (Å²) in [7, 11) is 0. The summed E-state index contributed by atoms with van der Waals surface area (Å²) < 4.78 is 10.8. The van der Waals surface area contributed by atoms with Crippen LogP contribution in [-0.4, -0.2) is 15.9 Å². The number of furan rings is 1. The Morgan fingerprint density at radius 3 is 2.88 bits per heavy atom. The molecule has 0 radical (unpaired) electrons. The monoisotopic (exact) mass is 269 g/mol. The van der Waals surface area contributed by atoms with E-state index in [1.165, 1.54) is 11.5 Å². The van der Waals surface area contributed by atoms with Crippen LogP contribution >= 0.6 is 23.3 Å². The Labute approximate surface area is 109 Å². The average molecular weight is 269 g/mol. The maximum atomic E-state index is 5.78. The molecule has 92 valence electrons. The number of aromatic nitrogens is 2. The molecule has 0 saturated heterocycles. The van der Waals surface area contributed by atoms with Crippen molar-refractivity contribution < 1.29 is 4.42 Å². The van der Waals surface area contributed by atoms with Gasteiger partial charge in [-0.1, -0.05) is 18.7 Å². The van der Waals surface area contributed by atoms with E-state index in [0.29, 0.717) is 6.54 Å². The summed E-state index contributed by atoms with van der Waals surface area (Å²) in [5.74, 6) is 2.71. The summed E-state index contributed by atoms with van der Waals surface area (Å²) in [4.78, 5) is 4.42. The molecule has 2 rings (SSSR count). The topological polar surface area (TPSA) is 64.9 Å². The van der Waals surface area contributed by atoms with E-state index < -0.39 is 0 Å². The molecule has 1 unspecified atom stereocenters. The van der Waals surface area contributed by atoms with E-state index in [9.17, 15) is 0 Å². The average Bonchev–Trinajstić information content (AvgIpc) is 2.94. The van der Waals surface area contributed by atoms with E-state index in [1.54, 1.807) is 11.8 Å². The molecule has 0 amide bonds. The van der Waals surface area contributed by atoms with Gasteiger partial charge in [0.15, 0.2) is 4.34 Å². The third kappa shape index (κ3) is 3.08. The van der Waals surface area contributed by atoms with E-state index in [4.69, 9.17) is 10.2 Å². The molecule has 0 aromatic carbocycles. The number of rotatable bonds is 5. The van der Waals surface area contributed by atoms with Gasteiger partial charge in [-0.2, -0.15) is 4.37 Å². The fourth-order valence-corrected chi connectivity index (χ4v) is 3.27. The minimum absolute atomic E-state index is 0.112. The van der Waals surface area contributed by atoms with Gasteiger partial charge in [-0.05, 0) is 30.6 Å². The van der Waals surface area contributed by atoms with Crippen molar-refractivity contribution in [2.75, 3.05) is 6.54 Å². The Balaban J connectivity index is 2.09. The molecule has 2 heterocycles. The first-order valence-corrected chi connectivity index (χ1v) is 7.14. The number of hydrogen-bond donors (Lipinski definition) is 1. The van der Waals surface area contributed by atoms with Crippen molar-refractivity contribution in [3.63, 3.8) is 0 Å². The first-order chi connectivity index (χ1) is 8.22. The van der Waals surface area contributed by atoms with Gasteiger partial charge < -0.3 is 10.2 Å². The molecule has 0 saturated carbocycles. The van der Waals surface area contributed by atoms with Gasteiger partial charge in [-0.15, -0.1) is 0 Å². The Bertz CT molecular complexity index is 481. The second-order valence-corrected chi connectivity index (χ2v) is 5.82. The number of nitrogens with two attached hydrogens (primary N) is 1. The lowest BCUT2D eigenvalue weighted by Crippen LogP contribution is -2.08. The van der Waals surface area contributed by atoms with Crippen molar-refractivity contribution in [3.05, 3.63) is 29.5 Å². The number of aryl methyl sites for hydroxylation is 2. The summed E-state index contributed by atoms with van der Waals surface area (Å²) in [6.07, 6.45) is 0.865. The lowest BCUT2D eigenvalue weighted by Gasteiger charge is -2.08. The highest BCUT2D eigenvalue weighted by Gasteiger charge is 2.17. The SMILES string of the molecule is CCc1nsc(SC(CN)c2ccc(C)o2)n1. The quantitative estimate of drug-likeness (QED) is 0.845. The van der Waals surface area contributed by atoms with E-state index >= 15 is 0 Å². The van der Waals surface area contributed by atoms with Crippen molar-refractivity contribution in [2.24, 2.45) is 5.73 Å². The van der Waals surface area contributed by atoms with Crippen LogP contribution in [0, 0.1) is 6.92 Å². The van der Waals surface area contributed by atoms with Crippen molar-refractivity contribution in [3.8, 4) is 0 Å². The van der Waals surface area contributed by atoms with Gasteiger partial charge in [0, 0.05) is 13.0 Å². The largest absolute Gasteiger partial charge is 0.465 e. The van der Waals surface area contributed by atoms with Crippen LogP contribution in [0.4, 0.5) is 0 Å². The van der Waals surface area contributed by atoms with E-state index in [1.807, 2.05) is 26.0 Å². The zero-order chi connectivity index (χ0) is 12.3. The molecule has 0 fully saturated rings. The molecule has 17 heavy (non-hydrogen) atoms. The zero-order valence-corrected chi connectivity index (χ0v) is 11.5. The molecule has 0 aliphatic carbocycles. The predicted molar refractivity (Wildman–Crippen MR) is 70.4 cm³/mol. The summed E-state index contributed by atoms with van der Waals surface area (Å²) in [6, 6.07) is 3.93. The van der Waals surface area contributed by atoms with Gasteiger partial charge in [0.1, 0.15) is 17.3 Å². The van der Waals surface area contributed by atoms with Crippen LogP contribution in [0.15, 0.2) is 20.9 Å². The van der Waals surface area contributed by atoms with Gasteiger partial charge >= 0.3 is 0 Å². The van der Waals surface area contributed by atoms with Crippen LogP contribution in [0.25, 0.3) is 0 Å². The normalized spacial score (nSPS) is 12.9.